The number of methoxy groups -OCH3 is 1. The zero-order chi connectivity index (χ0) is 21.1. The van der Waals surface area contributed by atoms with Crippen LogP contribution >= 0.6 is 0 Å². The summed E-state index contributed by atoms with van der Waals surface area (Å²) in [7, 11) is 1.62. The highest BCUT2D eigenvalue weighted by Gasteiger charge is 2.17. The number of nitrogens with zero attached hydrogens (tertiary/aromatic N) is 3. The van der Waals surface area contributed by atoms with E-state index < -0.39 is 0 Å². The predicted octanol–water partition coefficient (Wildman–Crippen LogP) is 4.20. The van der Waals surface area contributed by atoms with Gasteiger partial charge in [0.05, 0.1) is 36.4 Å². The molecule has 2 heterocycles. The van der Waals surface area contributed by atoms with Crippen LogP contribution in [-0.4, -0.2) is 33.0 Å². The van der Waals surface area contributed by atoms with Crippen LogP contribution in [0.15, 0.2) is 60.7 Å². The number of nitrogens with one attached hydrogen (secondary N) is 2. The van der Waals surface area contributed by atoms with Gasteiger partial charge in [-0.1, -0.05) is 42.5 Å². The van der Waals surface area contributed by atoms with Crippen molar-refractivity contribution in [3.63, 3.8) is 0 Å². The van der Waals surface area contributed by atoms with E-state index in [2.05, 4.69) is 32.7 Å². The van der Waals surface area contributed by atoms with Gasteiger partial charge in [0.1, 0.15) is 11.4 Å². The molecule has 4 aromatic rings. The Kier molecular flexibility index (Phi) is 5.34. The summed E-state index contributed by atoms with van der Waals surface area (Å²) in [5, 5.41) is 14.6. The fraction of sp³-hybridized carbons (Fsp3) is 0.174. The molecule has 0 saturated carbocycles. The van der Waals surface area contributed by atoms with E-state index in [0.717, 1.165) is 28.3 Å². The van der Waals surface area contributed by atoms with Crippen molar-refractivity contribution in [3.05, 3.63) is 83.3 Å². The number of aryl methyl sites for hydroxylation is 1. The van der Waals surface area contributed by atoms with Crippen molar-refractivity contribution in [1.82, 2.24) is 20.0 Å². The molecule has 7 heteroatoms. The molecule has 0 atom stereocenters. The second-order valence-electron chi connectivity index (χ2n) is 7.04. The molecule has 7 nitrogen and oxygen atoms in total. The van der Waals surface area contributed by atoms with Gasteiger partial charge in [0.25, 0.3) is 5.91 Å². The third-order valence-corrected chi connectivity index (χ3v) is 4.98. The third-order valence-electron chi connectivity index (χ3n) is 4.98. The Morgan fingerprint density at radius 1 is 1.10 bits per heavy atom. The highest BCUT2D eigenvalue weighted by atomic mass is 16.5. The molecular formula is C23H23N5O2. The maximum Gasteiger partial charge on any atom is 0.273 e. The average Bonchev–Trinajstić information content (AvgIpc) is 3.36. The van der Waals surface area contributed by atoms with Crippen molar-refractivity contribution in [2.24, 2.45) is 0 Å². The lowest BCUT2D eigenvalue weighted by Crippen LogP contribution is -2.14. The molecule has 0 aliphatic carbocycles. The van der Waals surface area contributed by atoms with Crippen molar-refractivity contribution in [2.75, 3.05) is 12.4 Å². The van der Waals surface area contributed by atoms with Crippen LogP contribution in [0.1, 0.15) is 27.4 Å². The SMILES string of the molecule is COc1cccc(-c2cc(C(=O)Nc3c(C)nn(Cc4ccccc4)c3C)[nH]n2)c1. The topological polar surface area (TPSA) is 84.8 Å². The zero-order valence-electron chi connectivity index (χ0n) is 17.1. The van der Waals surface area contributed by atoms with E-state index in [-0.39, 0.29) is 5.91 Å². The number of carbonyl (C=O) groups excluding carboxylic acids is 1. The molecule has 2 aromatic carbocycles. The number of hydrogen-bond acceptors (Lipinski definition) is 4. The molecule has 30 heavy (non-hydrogen) atoms. The average molecular weight is 401 g/mol. The molecule has 1 amide bonds. The number of aromatic nitrogens is 4. The minimum atomic E-state index is -0.262. The van der Waals surface area contributed by atoms with Crippen LogP contribution in [0.3, 0.4) is 0 Å². The van der Waals surface area contributed by atoms with Crippen LogP contribution in [0, 0.1) is 13.8 Å². The van der Waals surface area contributed by atoms with E-state index in [4.69, 9.17) is 4.74 Å². The summed E-state index contributed by atoms with van der Waals surface area (Å²) in [6.45, 7) is 4.49. The van der Waals surface area contributed by atoms with Crippen molar-refractivity contribution in [3.8, 4) is 17.0 Å². The highest BCUT2D eigenvalue weighted by molar-refractivity contribution is 6.04. The quantitative estimate of drug-likeness (QED) is 0.507. The molecule has 0 aliphatic rings. The molecular weight excluding hydrogens is 378 g/mol. The van der Waals surface area contributed by atoms with Gasteiger partial charge in [0.2, 0.25) is 0 Å². The van der Waals surface area contributed by atoms with Crippen molar-refractivity contribution in [2.45, 2.75) is 20.4 Å². The van der Waals surface area contributed by atoms with E-state index in [0.29, 0.717) is 23.6 Å². The Morgan fingerprint density at radius 2 is 1.90 bits per heavy atom. The molecule has 0 unspecified atom stereocenters. The molecule has 2 aromatic heterocycles. The molecule has 0 fully saturated rings. The van der Waals surface area contributed by atoms with Gasteiger partial charge < -0.3 is 10.1 Å². The first-order valence-corrected chi connectivity index (χ1v) is 9.64. The van der Waals surface area contributed by atoms with Crippen LogP contribution in [0.2, 0.25) is 0 Å². The number of anilines is 1. The molecule has 0 radical (unpaired) electrons. The van der Waals surface area contributed by atoms with Gasteiger partial charge in [0.15, 0.2) is 0 Å². The Bertz CT molecular complexity index is 1180. The molecule has 0 bridgehead atoms. The standard InChI is InChI=1S/C23H23N5O2/c1-15-22(16(2)28(27-15)14-17-8-5-4-6-9-17)24-23(29)21-13-20(25-26-21)18-10-7-11-19(12-18)30-3/h4-13H,14H2,1-3H3,(H,24,29)(H,25,26). The first-order chi connectivity index (χ1) is 14.5. The normalized spacial score (nSPS) is 10.8. The number of carbonyl (C=O) groups is 1. The van der Waals surface area contributed by atoms with Crippen molar-refractivity contribution >= 4 is 11.6 Å². The largest absolute Gasteiger partial charge is 0.497 e. The number of benzene rings is 2. The maximum atomic E-state index is 12.8. The minimum Gasteiger partial charge on any atom is -0.497 e. The summed E-state index contributed by atoms with van der Waals surface area (Å²) in [6, 6.07) is 19.4. The van der Waals surface area contributed by atoms with Crippen LogP contribution in [0.5, 0.6) is 5.75 Å². The van der Waals surface area contributed by atoms with E-state index in [9.17, 15) is 4.79 Å². The monoisotopic (exact) mass is 401 g/mol. The lowest BCUT2D eigenvalue weighted by Gasteiger charge is -2.06. The van der Waals surface area contributed by atoms with Gasteiger partial charge in [-0.2, -0.15) is 10.2 Å². The second kappa shape index (κ2) is 8.24. The molecule has 0 saturated heterocycles. The summed E-state index contributed by atoms with van der Waals surface area (Å²) in [5.41, 5.74) is 5.45. The van der Waals surface area contributed by atoms with Crippen LogP contribution < -0.4 is 10.1 Å². The molecule has 152 valence electrons. The van der Waals surface area contributed by atoms with Crippen LogP contribution in [0.4, 0.5) is 5.69 Å². The summed E-state index contributed by atoms with van der Waals surface area (Å²) in [5.74, 6) is 0.473. The number of H-pyrrole nitrogens is 1. The first kappa shape index (κ1) is 19.4. The fourth-order valence-electron chi connectivity index (χ4n) is 3.34. The number of hydrogen-bond donors (Lipinski definition) is 2. The summed E-state index contributed by atoms with van der Waals surface area (Å²) in [4.78, 5) is 12.8. The Hall–Kier alpha value is -3.87. The van der Waals surface area contributed by atoms with E-state index in [1.165, 1.54) is 0 Å². The lowest BCUT2D eigenvalue weighted by molar-refractivity contribution is 0.102. The third kappa shape index (κ3) is 3.96. The highest BCUT2D eigenvalue weighted by Crippen LogP contribution is 2.24. The first-order valence-electron chi connectivity index (χ1n) is 9.64. The Labute approximate surface area is 174 Å². The molecule has 0 aliphatic heterocycles. The van der Waals surface area contributed by atoms with Gasteiger partial charge in [-0.3, -0.25) is 14.6 Å². The summed E-state index contributed by atoms with van der Waals surface area (Å²) in [6.07, 6.45) is 0. The number of amides is 1. The van der Waals surface area contributed by atoms with Gasteiger partial charge in [0, 0.05) is 5.56 Å². The van der Waals surface area contributed by atoms with Crippen LogP contribution in [0.25, 0.3) is 11.3 Å². The van der Waals surface area contributed by atoms with E-state index in [1.807, 2.05) is 61.0 Å². The number of aromatic amines is 1. The molecule has 2 N–H and O–H groups in total. The molecule has 0 spiro atoms. The predicted molar refractivity (Wildman–Crippen MR) is 116 cm³/mol. The van der Waals surface area contributed by atoms with Crippen LogP contribution in [-0.2, 0) is 6.54 Å². The fourth-order valence-corrected chi connectivity index (χ4v) is 3.34. The lowest BCUT2D eigenvalue weighted by atomic mass is 10.1. The van der Waals surface area contributed by atoms with Crippen molar-refractivity contribution < 1.29 is 9.53 Å². The van der Waals surface area contributed by atoms with Crippen molar-refractivity contribution in [1.29, 1.82) is 0 Å². The smallest absolute Gasteiger partial charge is 0.273 e. The second-order valence-corrected chi connectivity index (χ2v) is 7.04. The zero-order valence-corrected chi connectivity index (χ0v) is 17.1. The summed E-state index contributed by atoms with van der Waals surface area (Å²) < 4.78 is 7.15. The summed E-state index contributed by atoms with van der Waals surface area (Å²) >= 11 is 0. The van der Waals surface area contributed by atoms with Gasteiger partial charge >= 0.3 is 0 Å². The van der Waals surface area contributed by atoms with Gasteiger partial charge in [-0.15, -0.1) is 0 Å². The number of ether oxygens (including phenoxy) is 1. The van der Waals surface area contributed by atoms with E-state index >= 15 is 0 Å². The van der Waals surface area contributed by atoms with Gasteiger partial charge in [-0.25, -0.2) is 0 Å². The Morgan fingerprint density at radius 3 is 2.67 bits per heavy atom. The number of rotatable bonds is 6. The minimum absolute atomic E-state index is 0.262. The molecule has 4 rings (SSSR count). The van der Waals surface area contributed by atoms with E-state index in [1.54, 1.807) is 13.2 Å². The van der Waals surface area contributed by atoms with Gasteiger partial charge in [-0.05, 0) is 37.6 Å². The maximum absolute atomic E-state index is 12.8. The Balaban J connectivity index is 1.52.